The molecule has 4 heteroatoms. The Kier molecular flexibility index (Phi) is 3.22. The lowest BCUT2D eigenvalue weighted by molar-refractivity contribution is -0.156. The van der Waals surface area contributed by atoms with E-state index in [2.05, 4.69) is 23.9 Å². The van der Waals surface area contributed by atoms with Crippen LogP contribution in [0.3, 0.4) is 0 Å². The molecule has 4 nitrogen and oxygen atoms in total. The molecule has 92 valence electrons. The molecule has 0 aromatic heterocycles. The number of nitrogens with zero attached hydrogens (tertiary/aromatic N) is 2. The van der Waals surface area contributed by atoms with Gasteiger partial charge in [0.2, 0.25) is 0 Å². The van der Waals surface area contributed by atoms with E-state index < -0.39 is 11.4 Å². The van der Waals surface area contributed by atoms with E-state index in [4.69, 9.17) is 0 Å². The summed E-state index contributed by atoms with van der Waals surface area (Å²) in [6, 6.07) is 0.543. The fourth-order valence-corrected chi connectivity index (χ4v) is 2.92. The van der Waals surface area contributed by atoms with Crippen molar-refractivity contribution < 1.29 is 9.90 Å². The number of carboxylic acids is 1. The first kappa shape index (κ1) is 11.9. The zero-order valence-corrected chi connectivity index (χ0v) is 10.3. The normalized spacial score (nSPS) is 29.3. The van der Waals surface area contributed by atoms with Crippen molar-refractivity contribution in [2.75, 3.05) is 33.7 Å². The van der Waals surface area contributed by atoms with Crippen molar-refractivity contribution in [1.29, 1.82) is 0 Å². The van der Waals surface area contributed by atoms with Gasteiger partial charge in [0.15, 0.2) is 0 Å². The minimum absolute atomic E-state index is 0.435. The summed E-state index contributed by atoms with van der Waals surface area (Å²) in [5.74, 6) is -0.600. The predicted molar refractivity (Wildman–Crippen MR) is 62.5 cm³/mol. The van der Waals surface area contributed by atoms with Gasteiger partial charge in [-0.3, -0.25) is 4.79 Å². The van der Waals surface area contributed by atoms with Gasteiger partial charge in [-0.1, -0.05) is 6.42 Å². The molecule has 0 spiro atoms. The lowest BCUT2D eigenvalue weighted by Crippen LogP contribution is -2.49. The maximum Gasteiger partial charge on any atom is 0.310 e. The highest BCUT2D eigenvalue weighted by atomic mass is 16.4. The van der Waals surface area contributed by atoms with E-state index in [1.54, 1.807) is 0 Å². The summed E-state index contributed by atoms with van der Waals surface area (Å²) in [6.07, 6.45) is 3.96. The highest BCUT2D eigenvalue weighted by molar-refractivity contribution is 5.76. The molecule has 1 aliphatic heterocycles. The van der Waals surface area contributed by atoms with Gasteiger partial charge in [-0.05, 0) is 39.9 Å². The fraction of sp³-hybridized carbons (Fsp3) is 0.917. The first-order valence-electron chi connectivity index (χ1n) is 6.16. The van der Waals surface area contributed by atoms with Gasteiger partial charge in [-0.2, -0.15) is 0 Å². The second kappa shape index (κ2) is 4.34. The summed E-state index contributed by atoms with van der Waals surface area (Å²) in [6.45, 7) is 2.93. The highest BCUT2D eigenvalue weighted by Gasteiger charge is 2.45. The molecule has 0 bridgehead atoms. The van der Waals surface area contributed by atoms with Crippen LogP contribution in [0.25, 0.3) is 0 Å². The van der Waals surface area contributed by atoms with E-state index >= 15 is 0 Å². The maximum atomic E-state index is 11.3. The van der Waals surface area contributed by atoms with E-state index in [0.717, 1.165) is 38.9 Å². The lowest BCUT2D eigenvalue weighted by Gasteiger charge is -2.42. The van der Waals surface area contributed by atoms with Crippen molar-refractivity contribution in [2.24, 2.45) is 5.41 Å². The van der Waals surface area contributed by atoms with Crippen molar-refractivity contribution in [3.63, 3.8) is 0 Å². The summed E-state index contributed by atoms with van der Waals surface area (Å²) in [5, 5.41) is 9.29. The number of hydrogen-bond acceptors (Lipinski definition) is 3. The monoisotopic (exact) mass is 226 g/mol. The summed E-state index contributed by atoms with van der Waals surface area (Å²) in [7, 11) is 4.21. The molecule has 16 heavy (non-hydrogen) atoms. The average molecular weight is 226 g/mol. The topological polar surface area (TPSA) is 43.8 Å². The number of rotatable bonds is 4. The van der Waals surface area contributed by atoms with E-state index in [1.165, 1.54) is 6.42 Å². The largest absolute Gasteiger partial charge is 0.481 e. The maximum absolute atomic E-state index is 11.3. The Bertz CT molecular complexity index is 276. The summed E-state index contributed by atoms with van der Waals surface area (Å²) >= 11 is 0. The minimum atomic E-state index is -0.600. The second-order valence-electron chi connectivity index (χ2n) is 5.56. The standard InChI is InChI=1S/C12H22N2O2/c1-13-7-4-10(8-13)14(2)9-12(11(15)16)5-3-6-12/h10H,3-9H2,1-2H3,(H,15,16). The fourth-order valence-electron chi connectivity index (χ4n) is 2.92. The van der Waals surface area contributed by atoms with Crippen LogP contribution in [0.4, 0.5) is 0 Å². The van der Waals surface area contributed by atoms with Crippen molar-refractivity contribution in [3.8, 4) is 0 Å². The molecule has 0 aromatic rings. The van der Waals surface area contributed by atoms with Gasteiger partial charge in [-0.25, -0.2) is 0 Å². The Labute approximate surface area is 97.2 Å². The lowest BCUT2D eigenvalue weighted by atomic mass is 9.68. The predicted octanol–water partition coefficient (Wildman–Crippen LogP) is 0.877. The van der Waals surface area contributed by atoms with Crippen LogP contribution >= 0.6 is 0 Å². The van der Waals surface area contributed by atoms with Gasteiger partial charge in [0.25, 0.3) is 0 Å². The van der Waals surface area contributed by atoms with Crippen LogP contribution in [-0.4, -0.2) is 60.6 Å². The van der Waals surface area contributed by atoms with Crippen molar-refractivity contribution in [3.05, 3.63) is 0 Å². The van der Waals surface area contributed by atoms with Crippen LogP contribution in [-0.2, 0) is 4.79 Å². The van der Waals surface area contributed by atoms with Crippen molar-refractivity contribution in [1.82, 2.24) is 9.80 Å². The van der Waals surface area contributed by atoms with Gasteiger partial charge in [-0.15, -0.1) is 0 Å². The molecule has 1 N–H and O–H groups in total. The number of likely N-dealkylation sites (tertiary alicyclic amines) is 1. The van der Waals surface area contributed by atoms with Crippen molar-refractivity contribution in [2.45, 2.75) is 31.7 Å². The Morgan fingerprint density at radius 2 is 2.25 bits per heavy atom. The molecule has 1 heterocycles. The van der Waals surface area contributed by atoms with E-state index in [-0.39, 0.29) is 0 Å². The molecule has 1 saturated heterocycles. The van der Waals surface area contributed by atoms with Gasteiger partial charge < -0.3 is 14.9 Å². The Balaban J connectivity index is 1.91. The second-order valence-corrected chi connectivity index (χ2v) is 5.56. The van der Waals surface area contributed by atoms with Crippen LogP contribution in [0.5, 0.6) is 0 Å². The molecule has 0 radical (unpaired) electrons. The molecular weight excluding hydrogens is 204 g/mol. The number of likely N-dealkylation sites (N-methyl/N-ethyl adjacent to an activating group) is 2. The van der Waals surface area contributed by atoms with Gasteiger partial charge in [0.1, 0.15) is 0 Å². The third-order valence-corrected chi connectivity index (χ3v) is 4.31. The first-order chi connectivity index (χ1) is 7.53. The van der Waals surface area contributed by atoms with Gasteiger partial charge in [0.05, 0.1) is 5.41 Å². The molecule has 1 saturated carbocycles. The molecular formula is C12H22N2O2. The van der Waals surface area contributed by atoms with Gasteiger partial charge in [0, 0.05) is 19.1 Å². The third kappa shape index (κ3) is 2.09. The van der Waals surface area contributed by atoms with E-state index in [1.807, 2.05) is 0 Å². The van der Waals surface area contributed by atoms with Crippen LogP contribution in [0.2, 0.25) is 0 Å². The number of aliphatic carboxylic acids is 1. The van der Waals surface area contributed by atoms with Crippen LogP contribution in [0.15, 0.2) is 0 Å². The summed E-state index contributed by atoms with van der Waals surface area (Å²) in [5.41, 5.74) is -0.435. The molecule has 0 aromatic carbocycles. The molecule has 2 rings (SSSR count). The Morgan fingerprint density at radius 1 is 1.56 bits per heavy atom. The molecule has 0 amide bonds. The minimum Gasteiger partial charge on any atom is -0.481 e. The number of carboxylic acid groups (broad SMARTS) is 1. The number of hydrogen-bond donors (Lipinski definition) is 1. The number of carbonyl (C=O) groups is 1. The molecule has 2 fully saturated rings. The Morgan fingerprint density at radius 3 is 2.62 bits per heavy atom. The summed E-state index contributed by atoms with van der Waals surface area (Å²) in [4.78, 5) is 15.9. The van der Waals surface area contributed by atoms with E-state index in [9.17, 15) is 9.90 Å². The quantitative estimate of drug-likeness (QED) is 0.773. The zero-order chi connectivity index (χ0) is 11.8. The average Bonchev–Trinajstić information content (AvgIpc) is 2.57. The molecule has 1 aliphatic carbocycles. The van der Waals surface area contributed by atoms with Crippen molar-refractivity contribution >= 4 is 5.97 Å². The molecule has 2 aliphatic rings. The molecule has 1 unspecified atom stereocenters. The summed E-state index contributed by atoms with van der Waals surface area (Å²) < 4.78 is 0. The third-order valence-electron chi connectivity index (χ3n) is 4.31. The van der Waals surface area contributed by atoms with Crippen LogP contribution < -0.4 is 0 Å². The Hall–Kier alpha value is -0.610. The van der Waals surface area contributed by atoms with Crippen LogP contribution in [0.1, 0.15) is 25.7 Å². The smallest absolute Gasteiger partial charge is 0.310 e. The SMILES string of the molecule is CN1CCC(N(C)CC2(C(=O)O)CCC2)C1. The van der Waals surface area contributed by atoms with Crippen LogP contribution in [0, 0.1) is 5.41 Å². The van der Waals surface area contributed by atoms with E-state index in [0.29, 0.717) is 6.04 Å². The zero-order valence-electron chi connectivity index (χ0n) is 10.3. The van der Waals surface area contributed by atoms with Gasteiger partial charge >= 0.3 is 5.97 Å². The highest BCUT2D eigenvalue weighted by Crippen LogP contribution is 2.42. The molecule has 1 atom stereocenters. The first-order valence-corrected chi connectivity index (χ1v) is 6.16.